The Hall–Kier alpha value is -2.48. The van der Waals surface area contributed by atoms with Gasteiger partial charge in [0, 0.05) is 18.1 Å². The minimum Gasteiger partial charge on any atom is -0.497 e. The van der Waals surface area contributed by atoms with Gasteiger partial charge < -0.3 is 15.3 Å². The minimum atomic E-state index is 0. The Morgan fingerprint density at radius 3 is 2.68 bits per heavy atom. The summed E-state index contributed by atoms with van der Waals surface area (Å²) in [4.78, 5) is 0. The average molecular weight is 327 g/mol. The van der Waals surface area contributed by atoms with Gasteiger partial charge in [-0.15, -0.1) is 22.6 Å². The van der Waals surface area contributed by atoms with E-state index in [0.29, 0.717) is 29.7 Å². The zero-order chi connectivity index (χ0) is 15.2. The molecule has 0 aliphatic heterocycles. The second kappa shape index (κ2) is 8.08. The van der Waals surface area contributed by atoms with Crippen molar-refractivity contribution in [1.29, 1.82) is 0 Å². The predicted molar refractivity (Wildman–Crippen MR) is 87.6 cm³/mol. The molecule has 0 amide bonds. The standard InChI is InChI=1S/C13H18N6O2.ClH/c1-4-12-16-18-13(19(12)14)17-15-8-9-5-6-10(20-2)7-11(9)21-3;/h5-8H,4,14H2,1-3H3,(H,17,18);1H. The van der Waals surface area contributed by atoms with Gasteiger partial charge in [-0.3, -0.25) is 0 Å². The number of rotatable bonds is 6. The smallest absolute Gasteiger partial charge is 0.263 e. The van der Waals surface area contributed by atoms with Crippen molar-refractivity contribution in [2.45, 2.75) is 13.3 Å². The summed E-state index contributed by atoms with van der Waals surface area (Å²) in [6, 6.07) is 5.44. The average Bonchev–Trinajstić information content (AvgIpc) is 2.88. The molecule has 1 heterocycles. The van der Waals surface area contributed by atoms with Crippen molar-refractivity contribution in [2.75, 3.05) is 25.5 Å². The molecule has 3 N–H and O–H groups in total. The van der Waals surface area contributed by atoms with Crippen LogP contribution in [0.5, 0.6) is 11.5 Å². The van der Waals surface area contributed by atoms with Crippen LogP contribution < -0.4 is 20.7 Å². The van der Waals surface area contributed by atoms with Crippen molar-refractivity contribution < 1.29 is 9.47 Å². The Labute approximate surface area is 134 Å². The van der Waals surface area contributed by atoms with Crippen LogP contribution in [0.25, 0.3) is 0 Å². The molecule has 2 aromatic rings. The van der Waals surface area contributed by atoms with Crippen LogP contribution in [0, 0.1) is 0 Å². The number of ether oxygens (including phenoxy) is 2. The summed E-state index contributed by atoms with van der Waals surface area (Å²) in [5.41, 5.74) is 3.54. The quantitative estimate of drug-likeness (QED) is 0.473. The summed E-state index contributed by atoms with van der Waals surface area (Å²) in [6.07, 6.45) is 2.31. The van der Waals surface area contributed by atoms with Crippen LogP contribution in [0.1, 0.15) is 18.3 Å². The number of anilines is 1. The molecule has 1 aromatic heterocycles. The van der Waals surface area contributed by atoms with Crippen LogP contribution in [-0.2, 0) is 6.42 Å². The minimum absolute atomic E-state index is 0. The van der Waals surface area contributed by atoms with Gasteiger partial charge in [-0.25, -0.2) is 10.1 Å². The van der Waals surface area contributed by atoms with Gasteiger partial charge >= 0.3 is 0 Å². The van der Waals surface area contributed by atoms with Crippen LogP contribution in [0.4, 0.5) is 5.95 Å². The molecule has 0 saturated heterocycles. The Balaban J connectivity index is 0.00000242. The number of hydrazone groups is 1. The van der Waals surface area contributed by atoms with Crippen LogP contribution in [-0.4, -0.2) is 35.3 Å². The van der Waals surface area contributed by atoms with E-state index in [4.69, 9.17) is 15.3 Å². The summed E-state index contributed by atoms with van der Waals surface area (Å²) < 4.78 is 11.8. The maximum absolute atomic E-state index is 5.80. The van der Waals surface area contributed by atoms with Crippen molar-refractivity contribution in [2.24, 2.45) is 5.10 Å². The summed E-state index contributed by atoms with van der Waals surface area (Å²) in [5.74, 6) is 8.22. The summed E-state index contributed by atoms with van der Waals surface area (Å²) >= 11 is 0. The monoisotopic (exact) mass is 326 g/mol. The second-order valence-electron chi connectivity index (χ2n) is 4.14. The molecule has 0 bridgehead atoms. The van der Waals surface area contributed by atoms with Crippen LogP contribution in [0.15, 0.2) is 23.3 Å². The predicted octanol–water partition coefficient (Wildman–Crippen LogP) is 1.44. The first-order valence-corrected chi connectivity index (χ1v) is 6.40. The summed E-state index contributed by atoms with van der Waals surface area (Å²) in [5, 5.41) is 11.9. The molecular formula is C13H19ClN6O2. The third kappa shape index (κ3) is 3.79. The van der Waals surface area contributed by atoms with E-state index in [-0.39, 0.29) is 12.4 Å². The second-order valence-corrected chi connectivity index (χ2v) is 4.14. The first-order chi connectivity index (χ1) is 10.2. The van der Waals surface area contributed by atoms with Crippen LogP contribution >= 0.6 is 12.4 Å². The van der Waals surface area contributed by atoms with Crippen molar-refractivity contribution in [3.8, 4) is 11.5 Å². The van der Waals surface area contributed by atoms with E-state index >= 15 is 0 Å². The number of nitrogens with zero attached hydrogens (tertiary/aromatic N) is 4. The first-order valence-electron chi connectivity index (χ1n) is 6.40. The highest BCUT2D eigenvalue weighted by Gasteiger charge is 2.06. The number of nitrogens with one attached hydrogen (secondary N) is 1. The molecule has 0 aliphatic carbocycles. The highest BCUT2D eigenvalue weighted by atomic mass is 35.5. The number of halogens is 1. The van der Waals surface area contributed by atoms with E-state index in [2.05, 4.69) is 20.7 Å². The van der Waals surface area contributed by atoms with E-state index in [0.717, 1.165) is 5.56 Å². The number of nitrogen functional groups attached to an aromatic ring is 1. The van der Waals surface area contributed by atoms with Gasteiger partial charge in [-0.1, -0.05) is 6.92 Å². The molecule has 1 aromatic carbocycles. The number of nitrogens with two attached hydrogens (primary N) is 1. The zero-order valence-electron chi connectivity index (χ0n) is 12.6. The Morgan fingerprint density at radius 2 is 2.09 bits per heavy atom. The van der Waals surface area contributed by atoms with E-state index in [1.54, 1.807) is 26.5 Å². The molecule has 120 valence electrons. The van der Waals surface area contributed by atoms with Crippen molar-refractivity contribution >= 4 is 24.6 Å². The summed E-state index contributed by atoms with van der Waals surface area (Å²) in [7, 11) is 3.19. The maximum Gasteiger partial charge on any atom is 0.263 e. The molecule has 0 saturated carbocycles. The number of hydrogen-bond acceptors (Lipinski definition) is 7. The SMILES string of the molecule is CCc1nnc(NN=Cc2ccc(OC)cc2OC)n1N.Cl. The lowest BCUT2D eigenvalue weighted by molar-refractivity contribution is 0.394. The van der Waals surface area contributed by atoms with E-state index in [1.807, 2.05) is 19.1 Å². The number of methoxy groups -OCH3 is 2. The number of aryl methyl sites for hydroxylation is 1. The Morgan fingerprint density at radius 1 is 1.32 bits per heavy atom. The van der Waals surface area contributed by atoms with E-state index in [9.17, 15) is 0 Å². The van der Waals surface area contributed by atoms with Gasteiger partial charge in [0.25, 0.3) is 5.95 Å². The molecule has 0 fully saturated rings. The molecule has 0 aliphatic rings. The van der Waals surface area contributed by atoms with E-state index in [1.165, 1.54) is 4.68 Å². The fourth-order valence-corrected chi connectivity index (χ4v) is 1.73. The van der Waals surface area contributed by atoms with Gasteiger partial charge in [0.15, 0.2) is 5.82 Å². The highest BCUT2D eigenvalue weighted by Crippen LogP contribution is 2.23. The zero-order valence-corrected chi connectivity index (χ0v) is 13.4. The maximum atomic E-state index is 5.80. The van der Waals surface area contributed by atoms with Gasteiger partial charge in [0.2, 0.25) is 0 Å². The summed E-state index contributed by atoms with van der Waals surface area (Å²) in [6.45, 7) is 1.95. The normalized spacial score (nSPS) is 10.3. The Kier molecular flexibility index (Phi) is 6.46. The third-order valence-corrected chi connectivity index (χ3v) is 2.89. The largest absolute Gasteiger partial charge is 0.497 e. The van der Waals surface area contributed by atoms with Crippen molar-refractivity contribution in [3.05, 3.63) is 29.6 Å². The van der Waals surface area contributed by atoms with Crippen LogP contribution in [0.3, 0.4) is 0 Å². The number of benzene rings is 1. The molecule has 0 radical (unpaired) electrons. The first kappa shape index (κ1) is 17.6. The molecule has 0 atom stereocenters. The lowest BCUT2D eigenvalue weighted by Crippen LogP contribution is -2.14. The van der Waals surface area contributed by atoms with Gasteiger partial charge in [0.05, 0.1) is 20.4 Å². The molecule has 9 heteroatoms. The van der Waals surface area contributed by atoms with E-state index < -0.39 is 0 Å². The number of aromatic nitrogens is 3. The number of hydrogen-bond donors (Lipinski definition) is 2. The molecule has 2 rings (SSSR count). The molecule has 22 heavy (non-hydrogen) atoms. The van der Waals surface area contributed by atoms with Crippen molar-refractivity contribution in [3.63, 3.8) is 0 Å². The molecular weight excluding hydrogens is 308 g/mol. The lowest BCUT2D eigenvalue weighted by Gasteiger charge is -2.07. The topological polar surface area (TPSA) is 99.6 Å². The molecule has 8 nitrogen and oxygen atoms in total. The van der Waals surface area contributed by atoms with Gasteiger partial charge in [-0.2, -0.15) is 5.10 Å². The van der Waals surface area contributed by atoms with Gasteiger partial charge in [-0.05, 0) is 12.1 Å². The van der Waals surface area contributed by atoms with Crippen molar-refractivity contribution in [1.82, 2.24) is 14.9 Å². The highest BCUT2D eigenvalue weighted by molar-refractivity contribution is 5.85. The molecule has 0 spiro atoms. The fraction of sp³-hybridized carbons (Fsp3) is 0.308. The van der Waals surface area contributed by atoms with Crippen LogP contribution in [0.2, 0.25) is 0 Å². The lowest BCUT2D eigenvalue weighted by atomic mass is 10.2. The molecule has 0 unspecified atom stereocenters. The fourth-order valence-electron chi connectivity index (χ4n) is 1.73. The third-order valence-electron chi connectivity index (χ3n) is 2.89. The Bertz CT molecular complexity index is 643. The van der Waals surface area contributed by atoms with Gasteiger partial charge in [0.1, 0.15) is 11.5 Å².